The van der Waals surface area contributed by atoms with Crippen LogP contribution in [0.25, 0.3) is 0 Å². The van der Waals surface area contributed by atoms with E-state index in [1.54, 1.807) is 0 Å². The maximum atomic E-state index is 5.51. The first-order valence-corrected chi connectivity index (χ1v) is 6.36. The van der Waals surface area contributed by atoms with Crippen LogP contribution < -0.4 is 5.32 Å². The summed E-state index contributed by atoms with van der Waals surface area (Å²) in [6.45, 7) is 9.63. The number of aryl methyl sites for hydroxylation is 1. The summed E-state index contributed by atoms with van der Waals surface area (Å²) in [6, 6.07) is 4.63. The van der Waals surface area contributed by atoms with E-state index in [0.29, 0.717) is 6.04 Å². The highest BCUT2D eigenvalue weighted by Gasteiger charge is 2.04. The highest BCUT2D eigenvalue weighted by Crippen LogP contribution is 2.10. The van der Waals surface area contributed by atoms with Crippen molar-refractivity contribution in [3.05, 3.63) is 23.7 Å². The van der Waals surface area contributed by atoms with Gasteiger partial charge in [0.1, 0.15) is 11.5 Å². The SMILES string of the molecule is Cc1ccc(CNC(C)CCCC(C)C)o1. The molecule has 1 atom stereocenters. The molecule has 16 heavy (non-hydrogen) atoms. The minimum atomic E-state index is 0.573. The van der Waals surface area contributed by atoms with E-state index >= 15 is 0 Å². The Labute approximate surface area is 99.4 Å². The molecule has 1 rings (SSSR count). The molecule has 0 saturated heterocycles. The van der Waals surface area contributed by atoms with Gasteiger partial charge in [-0.3, -0.25) is 0 Å². The molecular weight excluding hydrogens is 198 g/mol. The minimum absolute atomic E-state index is 0.573. The molecule has 0 amide bonds. The van der Waals surface area contributed by atoms with Crippen molar-refractivity contribution in [1.82, 2.24) is 5.32 Å². The van der Waals surface area contributed by atoms with Gasteiger partial charge in [-0.25, -0.2) is 0 Å². The van der Waals surface area contributed by atoms with Crippen molar-refractivity contribution < 1.29 is 4.42 Å². The first kappa shape index (κ1) is 13.3. The molecular formula is C14H25NO. The van der Waals surface area contributed by atoms with Gasteiger partial charge < -0.3 is 9.73 Å². The van der Waals surface area contributed by atoms with E-state index in [4.69, 9.17) is 4.42 Å². The quantitative estimate of drug-likeness (QED) is 0.758. The maximum absolute atomic E-state index is 5.51. The molecule has 1 aromatic heterocycles. The molecule has 1 aromatic rings. The van der Waals surface area contributed by atoms with Crippen LogP contribution >= 0.6 is 0 Å². The molecule has 1 N–H and O–H groups in total. The molecule has 0 aliphatic rings. The standard InChI is InChI=1S/C14H25NO/c1-11(2)6-5-7-12(3)15-10-14-9-8-13(4)16-14/h8-9,11-12,15H,5-7,10H2,1-4H3. The Bertz CT molecular complexity index is 291. The molecule has 0 radical (unpaired) electrons. The predicted molar refractivity (Wildman–Crippen MR) is 68.4 cm³/mol. The Morgan fingerprint density at radius 3 is 2.50 bits per heavy atom. The summed E-state index contributed by atoms with van der Waals surface area (Å²) in [5.74, 6) is 2.84. The second-order valence-corrected chi connectivity index (χ2v) is 5.12. The van der Waals surface area contributed by atoms with Crippen molar-refractivity contribution in [1.29, 1.82) is 0 Å². The third-order valence-electron chi connectivity index (χ3n) is 2.84. The zero-order valence-electron chi connectivity index (χ0n) is 11.0. The van der Waals surface area contributed by atoms with Crippen LogP contribution in [0.3, 0.4) is 0 Å². The Balaban J connectivity index is 2.12. The molecule has 0 fully saturated rings. The fourth-order valence-electron chi connectivity index (χ4n) is 1.79. The van der Waals surface area contributed by atoms with Gasteiger partial charge in [0.25, 0.3) is 0 Å². The molecule has 0 aromatic carbocycles. The summed E-state index contributed by atoms with van der Waals surface area (Å²) < 4.78 is 5.51. The molecule has 0 aliphatic carbocycles. The van der Waals surface area contributed by atoms with Crippen LogP contribution in [0.5, 0.6) is 0 Å². The third kappa shape index (κ3) is 5.36. The van der Waals surface area contributed by atoms with Gasteiger partial charge in [-0.15, -0.1) is 0 Å². The predicted octanol–water partition coefficient (Wildman–Crippen LogP) is 3.89. The van der Waals surface area contributed by atoms with Crippen LogP contribution in [0.2, 0.25) is 0 Å². The smallest absolute Gasteiger partial charge is 0.117 e. The Morgan fingerprint density at radius 2 is 1.94 bits per heavy atom. The van der Waals surface area contributed by atoms with Gasteiger partial charge in [-0.05, 0) is 38.3 Å². The van der Waals surface area contributed by atoms with Gasteiger partial charge in [0.05, 0.1) is 6.54 Å². The topological polar surface area (TPSA) is 25.2 Å². The van der Waals surface area contributed by atoms with Crippen LogP contribution in [-0.4, -0.2) is 6.04 Å². The van der Waals surface area contributed by atoms with E-state index in [-0.39, 0.29) is 0 Å². The van der Waals surface area contributed by atoms with E-state index in [9.17, 15) is 0 Å². The van der Waals surface area contributed by atoms with Crippen molar-refractivity contribution >= 4 is 0 Å². The first-order chi connectivity index (χ1) is 7.58. The second kappa shape index (κ2) is 6.74. The Hall–Kier alpha value is -0.760. The third-order valence-corrected chi connectivity index (χ3v) is 2.84. The lowest BCUT2D eigenvalue weighted by Gasteiger charge is -2.13. The number of hydrogen-bond acceptors (Lipinski definition) is 2. The Kier molecular flexibility index (Phi) is 5.61. The lowest BCUT2D eigenvalue weighted by molar-refractivity contribution is 0.415. The van der Waals surface area contributed by atoms with Crippen molar-refractivity contribution in [2.45, 2.75) is 59.5 Å². The number of rotatable bonds is 7. The molecule has 2 heteroatoms. The number of furan rings is 1. The van der Waals surface area contributed by atoms with E-state index in [0.717, 1.165) is 24.0 Å². The highest BCUT2D eigenvalue weighted by atomic mass is 16.3. The molecule has 2 nitrogen and oxygen atoms in total. The first-order valence-electron chi connectivity index (χ1n) is 6.36. The van der Waals surface area contributed by atoms with Gasteiger partial charge in [0, 0.05) is 6.04 Å². The van der Waals surface area contributed by atoms with Crippen LogP contribution in [0.15, 0.2) is 16.5 Å². The van der Waals surface area contributed by atoms with E-state index < -0.39 is 0 Å². The summed E-state index contributed by atoms with van der Waals surface area (Å²) in [5, 5.41) is 3.49. The fourth-order valence-corrected chi connectivity index (χ4v) is 1.79. The normalized spacial score (nSPS) is 13.3. The lowest BCUT2D eigenvalue weighted by Crippen LogP contribution is -2.25. The van der Waals surface area contributed by atoms with Gasteiger partial charge in [-0.1, -0.05) is 26.7 Å². The molecule has 1 unspecified atom stereocenters. The molecule has 0 aliphatic heterocycles. The van der Waals surface area contributed by atoms with Gasteiger partial charge >= 0.3 is 0 Å². The van der Waals surface area contributed by atoms with Gasteiger partial charge in [0.2, 0.25) is 0 Å². The lowest BCUT2D eigenvalue weighted by atomic mass is 10.0. The zero-order chi connectivity index (χ0) is 12.0. The average molecular weight is 223 g/mol. The van der Waals surface area contributed by atoms with Gasteiger partial charge in [-0.2, -0.15) is 0 Å². The molecule has 0 saturated carbocycles. The summed E-state index contributed by atoms with van der Waals surface area (Å²) >= 11 is 0. The second-order valence-electron chi connectivity index (χ2n) is 5.12. The summed E-state index contributed by atoms with van der Waals surface area (Å²) in [4.78, 5) is 0. The molecule has 0 bridgehead atoms. The minimum Gasteiger partial charge on any atom is -0.465 e. The summed E-state index contributed by atoms with van der Waals surface area (Å²) in [7, 11) is 0. The van der Waals surface area contributed by atoms with Crippen LogP contribution in [0, 0.1) is 12.8 Å². The Morgan fingerprint density at radius 1 is 1.19 bits per heavy atom. The fraction of sp³-hybridized carbons (Fsp3) is 0.714. The van der Waals surface area contributed by atoms with Crippen molar-refractivity contribution in [2.75, 3.05) is 0 Å². The van der Waals surface area contributed by atoms with Crippen molar-refractivity contribution in [3.63, 3.8) is 0 Å². The van der Waals surface area contributed by atoms with Crippen LogP contribution in [0.4, 0.5) is 0 Å². The summed E-state index contributed by atoms with van der Waals surface area (Å²) in [5.41, 5.74) is 0. The molecule has 92 valence electrons. The molecule has 1 heterocycles. The highest BCUT2D eigenvalue weighted by molar-refractivity contribution is 5.05. The summed E-state index contributed by atoms with van der Waals surface area (Å²) in [6.07, 6.45) is 3.88. The largest absolute Gasteiger partial charge is 0.465 e. The molecule has 0 spiro atoms. The number of hydrogen-bond donors (Lipinski definition) is 1. The van der Waals surface area contributed by atoms with Crippen molar-refractivity contribution in [2.24, 2.45) is 5.92 Å². The van der Waals surface area contributed by atoms with E-state index in [1.165, 1.54) is 19.3 Å². The van der Waals surface area contributed by atoms with Crippen LogP contribution in [-0.2, 0) is 6.54 Å². The zero-order valence-corrected chi connectivity index (χ0v) is 11.0. The van der Waals surface area contributed by atoms with E-state index in [1.807, 2.05) is 19.1 Å². The number of nitrogens with one attached hydrogen (secondary N) is 1. The monoisotopic (exact) mass is 223 g/mol. The maximum Gasteiger partial charge on any atom is 0.117 e. The average Bonchev–Trinajstić information content (AvgIpc) is 2.61. The van der Waals surface area contributed by atoms with E-state index in [2.05, 4.69) is 26.1 Å². The van der Waals surface area contributed by atoms with Crippen LogP contribution in [0.1, 0.15) is 51.6 Å². The van der Waals surface area contributed by atoms with Gasteiger partial charge in [0.15, 0.2) is 0 Å². The van der Waals surface area contributed by atoms with Crippen molar-refractivity contribution in [3.8, 4) is 0 Å².